The van der Waals surface area contributed by atoms with E-state index in [2.05, 4.69) is 0 Å². The molecule has 0 radical (unpaired) electrons. The maximum absolute atomic E-state index is 8.51. The summed E-state index contributed by atoms with van der Waals surface area (Å²) in [5.41, 5.74) is 0. The van der Waals surface area contributed by atoms with Crippen LogP contribution in [0.5, 0.6) is 0 Å². The molecule has 26 valence electrons. The van der Waals surface area contributed by atoms with E-state index in [1.807, 2.05) is 0 Å². The van der Waals surface area contributed by atoms with Crippen molar-refractivity contribution in [2.75, 3.05) is 0 Å². The molecule has 1 atom stereocenters. The van der Waals surface area contributed by atoms with Gasteiger partial charge in [0.05, 0.1) is 0 Å². The van der Waals surface area contributed by atoms with Crippen LogP contribution in [-0.2, 0) is 21.6 Å². The minimum atomic E-state index is -1.17. The van der Waals surface area contributed by atoms with Crippen LogP contribution in [0, 0.1) is 0 Å². The van der Waals surface area contributed by atoms with Crippen molar-refractivity contribution in [3.8, 4) is 0 Å². The molecule has 0 aliphatic heterocycles. The van der Waals surface area contributed by atoms with E-state index in [1.54, 1.807) is 0 Å². The van der Waals surface area contributed by atoms with Crippen LogP contribution in [0.4, 0.5) is 0 Å². The van der Waals surface area contributed by atoms with Crippen molar-refractivity contribution >= 4 is 8.69 Å². The van der Waals surface area contributed by atoms with Crippen LogP contribution in [0.2, 0.25) is 0 Å². The summed E-state index contributed by atoms with van der Waals surface area (Å²) in [6, 6.07) is 0. The third-order valence-electron chi connectivity index (χ3n) is 0. The van der Waals surface area contributed by atoms with Crippen LogP contribution in [-0.4, -0.2) is 4.89 Å². The van der Waals surface area contributed by atoms with Crippen molar-refractivity contribution in [1.82, 2.24) is 0 Å². The summed E-state index contributed by atoms with van der Waals surface area (Å²) >= 11 is 0. The normalized spacial score (nSPS) is 5.25. The van der Waals surface area contributed by atoms with Gasteiger partial charge in [0.25, 0.3) is 0 Å². The molecule has 0 spiro atoms. The molecular weight excluding hydrogens is 119 g/mol. The van der Waals surface area contributed by atoms with Gasteiger partial charge in [-0.2, -0.15) is 4.89 Å². The van der Waals surface area contributed by atoms with Crippen LogP contribution in [0.15, 0.2) is 0 Å². The maximum Gasteiger partial charge on any atom is 0.491 e. The molecule has 4 heavy (non-hydrogen) atoms. The van der Waals surface area contributed by atoms with Crippen molar-refractivity contribution in [2.45, 2.75) is 0 Å². The van der Waals surface area contributed by atoms with E-state index in [-0.39, 0.29) is 17.1 Å². The average Bonchev–Trinajstić information content (AvgIpc) is 0.918. The van der Waals surface area contributed by atoms with Gasteiger partial charge in [0, 0.05) is 17.1 Å². The van der Waals surface area contributed by atoms with E-state index in [1.165, 1.54) is 0 Å². The van der Waals surface area contributed by atoms with Gasteiger partial charge in [-0.05, 0) is 4.57 Å². The second-order valence-corrected chi connectivity index (χ2v) is 0.274. The van der Waals surface area contributed by atoms with Crippen LogP contribution >= 0.6 is 8.69 Å². The second-order valence-electron chi connectivity index (χ2n) is 0.0913. The third kappa shape index (κ3) is 19.2. The molecule has 0 aliphatic carbocycles. The van der Waals surface area contributed by atoms with Gasteiger partial charge < -0.3 is 0 Å². The first-order chi connectivity index (χ1) is 1.41. The Morgan fingerprint density at radius 3 is 1.75 bits per heavy atom. The molecule has 0 aromatic heterocycles. The van der Waals surface area contributed by atoms with Crippen LogP contribution in [0.1, 0.15) is 0 Å². The zero-order valence-electron chi connectivity index (χ0n) is 1.71. The van der Waals surface area contributed by atoms with Gasteiger partial charge >= 0.3 is 8.69 Å². The summed E-state index contributed by atoms with van der Waals surface area (Å²) in [5.74, 6) is 0. The fraction of sp³-hybridized carbons (Fsp3) is 0. The van der Waals surface area contributed by atoms with Crippen molar-refractivity contribution < 1.29 is 26.5 Å². The quantitative estimate of drug-likeness (QED) is 0.359. The molecule has 0 aromatic rings. The largest absolute Gasteiger partial charge is 0.491 e. The molecule has 0 aromatic carbocycles. The molecule has 0 amide bonds. The molecule has 2 nitrogen and oxygen atoms in total. The summed E-state index contributed by atoms with van der Waals surface area (Å²) in [4.78, 5) is 7.04. The molecule has 1 N–H and O–H groups in total. The van der Waals surface area contributed by atoms with E-state index in [0.29, 0.717) is 0 Å². The summed E-state index contributed by atoms with van der Waals surface area (Å²) in [7, 11) is -1.17. The van der Waals surface area contributed by atoms with E-state index in [4.69, 9.17) is 9.46 Å². The van der Waals surface area contributed by atoms with E-state index >= 15 is 0 Å². The Balaban J connectivity index is 0. The zero-order chi connectivity index (χ0) is 2.71. The topological polar surface area (TPSA) is 37.3 Å². The summed E-state index contributed by atoms with van der Waals surface area (Å²) in [5, 5.41) is 0. The average molecular weight is 121 g/mol. The van der Waals surface area contributed by atoms with Crippen LogP contribution in [0.25, 0.3) is 0 Å². The van der Waals surface area contributed by atoms with Crippen molar-refractivity contribution in [2.24, 2.45) is 0 Å². The maximum atomic E-state index is 8.51. The second kappa shape index (κ2) is 9.55. The minimum Gasteiger partial charge on any atom is -0.162 e. The van der Waals surface area contributed by atoms with Gasteiger partial charge in [-0.25, -0.2) is 0 Å². The summed E-state index contributed by atoms with van der Waals surface area (Å²) in [6.45, 7) is 0. The van der Waals surface area contributed by atoms with E-state index < -0.39 is 8.69 Å². The zero-order valence-corrected chi connectivity index (χ0v) is 3.81. The molecule has 0 saturated heterocycles. The Hall–Kier alpha value is 0.579. The van der Waals surface area contributed by atoms with Crippen molar-refractivity contribution in [3.63, 3.8) is 0 Å². The van der Waals surface area contributed by atoms with Gasteiger partial charge in [0.15, 0.2) is 0 Å². The molecule has 4 heteroatoms. The first-order valence-corrected chi connectivity index (χ1v) is 1.28. The number of rotatable bonds is 0. The summed E-state index contributed by atoms with van der Waals surface area (Å²) in [6.07, 6.45) is 0. The Morgan fingerprint density at radius 1 is 1.75 bits per heavy atom. The van der Waals surface area contributed by atoms with Gasteiger partial charge in [-0.3, -0.25) is 0 Å². The molecule has 1 unspecified atom stereocenters. The van der Waals surface area contributed by atoms with Gasteiger partial charge in [-0.1, -0.05) is 0 Å². The van der Waals surface area contributed by atoms with E-state index in [0.717, 1.165) is 0 Å². The summed E-state index contributed by atoms with van der Waals surface area (Å²) < 4.78 is 8.51. The smallest absolute Gasteiger partial charge is 0.162 e. The SMILES string of the molecule is O=[PH+]O.[Fe]. The molecule has 0 fully saturated rings. The molecule has 0 aliphatic rings. The van der Waals surface area contributed by atoms with E-state index in [9.17, 15) is 0 Å². The third-order valence-corrected chi connectivity index (χ3v) is 0. The monoisotopic (exact) mass is 121 g/mol. The Labute approximate surface area is 36.0 Å². The first-order valence-electron chi connectivity index (χ1n) is 0.428. The Morgan fingerprint density at radius 2 is 1.75 bits per heavy atom. The molecule has 0 saturated carbocycles. The molecular formula is H2FeO2P+. The van der Waals surface area contributed by atoms with Crippen LogP contribution in [0.3, 0.4) is 0 Å². The van der Waals surface area contributed by atoms with Gasteiger partial charge in [0.2, 0.25) is 0 Å². The fourth-order valence-electron chi connectivity index (χ4n) is 0. The van der Waals surface area contributed by atoms with Crippen LogP contribution < -0.4 is 0 Å². The predicted molar refractivity (Wildman–Crippen MR) is 11.2 cm³/mol. The standard InChI is InChI=1S/Fe.HO2P/c;1-3-2/h;3H/p+1. The fourth-order valence-corrected chi connectivity index (χ4v) is 0. The number of hydrogen-bond donors (Lipinski definition) is 1. The molecule has 0 rings (SSSR count). The first kappa shape index (κ1) is 8.82. The predicted octanol–water partition coefficient (Wildman–Crippen LogP) is -0.0848. The van der Waals surface area contributed by atoms with Gasteiger partial charge in [-0.15, -0.1) is 0 Å². The molecule has 0 heterocycles. The Bertz CT molecular complexity index is 13.5. The van der Waals surface area contributed by atoms with Crippen molar-refractivity contribution in [3.05, 3.63) is 0 Å². The minimum absolute atomic E-state index is 0. The number of hydrogen-bond acceptors (Lipinski definition) is 1. The van der Waals surface area contributed by atoms with Gasteiger partial charge in [0.1, 0.15) is 0 Å². The Kier molecular flexibility index (Phi) is 21.0. The molecule has 0 bridgehead atoms. The van der Waals surface area contributed by atoms with Crippen molar-refractivity contribution in [1.29, 1.82) is 0 Å².